The smallest absolute Gasteiger partial charge is 0.165 e. The van der Waals surface area contributed by atoms with Crippen LogP contribution in [0.1, 0.15) is 18.9 Å². The van der Waals surface area contributed by atoms with E-state index in [4.69, 9.17) is 15.2 Å². The predicted molar refractivity (Wildman–Crippen MR) is 61.5 cm³/mol. The second-order valence-corrected chi connectivity index (χ2v) is 3.78. The molecule has 0 aliphatic heterocycles. The van der Waals surface area contributed by atoms with Crippen LogP contribution in [0.15, 0.2) is 12.1 Å². The van der Waals surface area contributed by atoms with E-state index in [2.05, 4.69) is 0 Å². The fourth-order valence-electron chi connectivity index (χ4n) is 1.60. The Morgan fingerprint density at radius 2 is 2.00 bits per heavy atom. The SMILES string of the molecule is COc1ccc(F)c(OC)c1CC[C@@H](C)N. The average molecular weight is 227 g/mol. The second-order valence-electron chi connectivity index (χ2n) is 3.78. The molecule has 0 spiro atoms. The van der Waals surface area contributed by atoms with Gasteiger partial charge in [-0.15, -0.1) is 0 Å². The van der Waals surface area contributed by atoms with Crippen LogP contribution in [-0.4, -0.2) is 20.3 Å². The lowest BCUT2D eigenvalue weighted by molar-refractivity contribution is 0.364. The first-order valence-electron chi connectivity index (χ1n) is 5.25. The normalized spacial score (nSPS) is 12.3. The first-order valence-corrected chi connectivity index (χ1v) is 5.25. The fourth-order valence-corrected chi connectivity index (χ4v) is 1.60. The van der Waals surface area contributed by atoms with Crippen LogP contribution >= 0.6 is 0 Å². The van der Waals surface area contributed by atoms with Crippen LogP contribution in [0.4, 0.5) is 4.39 Å². The molecule has 1 aromatic rings. The molecule has 0 aliphatic carbocycles. The van der Waals surface area contributed by atoms with Gasteiger partial charge in [-0.05, 0) is 31.9 Å². The Labute approximate surface area is 95.4 Å². The summed E-state index contributed by atoms with van der Waals surface area (Å²) in [5.41, 5.74) is 6.42. The molecule has 90 valence electrons. The van der Waals surface area contributed by atoms with Crippen molar-refractivity contribution in [3.05, 3.63) is 23.5 Å². The summed E-state index contributed by atoms with van der Waals surface area (Å²) in [6, 6.07) is 3.01. The first kappa shape index (κ1) is 12.8. The van der Waals surface area contributed by atoms with Crippen molar-refractivity contribution in [2.75, 3.05) is 14.2 Å². The number of ether oxygens (including phenoxy) is 2. The summed E-state index contributed by atoms with van der Waals surface area (Å²) in [5, 5.41) is 0. The maximum atomic E-state index is 13.5. The molecule has 0 heterocycles. The summed E-state index contributed by atoms with van der Waals surface area (Å²) in [4.78, 5) is 0. The lowest BCUT2D eigenvalue weighted by Gasteiger charge is -2.14. The quantitative estimate of drug-likeness (QED) is 0.838. The van der Waals surface area contributed by atoms with Gasteiger partial charge in [-0.2, -0.15) is 0 Å². The molecule has 0 radical (unpaired) electrons. The van der Waals surface area contributed by atoms with E-state index in [0.717, 1.165) is 12.0 Å². The minimum Gasteiger partial charge on any atom is -0.496 e. The number of hydrogen-bond donors (Lipinski definition) is 1. The highest BCUT2D eigenvalue weighted by Gasteiger charge is 2.15. The molecule has 1 aromatic carbocycles. The van der Waals surface area contributed by atoms with E-state index in [1.807, 2.05) is 6.92 Å². The van der Waals surface area contributed by atoms with Crippen LogP contribution < -0.4 is 15.2 Å². The highest BCUT2D eigenvalue weighted by Crippen LogP contribution is 2.32. The van der Waals surface area contributed by atoms with Gasteiger partial charge in [0.05, 0.1) is 14.2 Å². The molecule has 0 aliphatic rings. The summed E-state index contributed by atoms with van der Waals surface area (Å²) in [5.74, 6) is 0.516. The molecule has 1 rings (SSSR count). The number of halogens is 1. The van der Waals surface area contributed by atoms with Crippen molar-refractivity contribution in [3.63, 3.8) is 0 Å². The Morgan fingerprint density at radius 3 is 2.50 bits per heavy atom. The molecule has 0 saturated carbocycles. The van der Waals surface area contributed by atoms with Crippen molar-refractivity contribution >= 4 is 0 Å². The number of rotatable bonds is 5. The third-order valence-corrected chi connectivity index (χ3v) is 2.44. The molecule has 2 N–H and O–H groups in total. The van der Waals surface area contributed by atoms with Crippen molar-refractivity contribution in [1.82, 2.24) is 0 Å². The van der Waals surface area contributed by atoms with Crippen LogP contribution in [-0.2, 0) is 6.42 Å². The van der Waals surface area contributed by atoms with E-state index in [-0.39, 0.29) is 17.6 Å². The lowest BCUT2D eigenvalue weighted by Crippen LogP contribution is -2.16. The monoisotopic (exact) mass is 227 g/mol. The second kappa shape index (κ2) is 5.70. The largest absolute Gasteiger partial charge is 0.496 e. The van der Waals surface area contributed by atoms with Crippen LogP contribution in [0, 0.1) is 5.82 Å². The minimum atomic E-state index is -0.372. The van der Waals surface area contributed by atoms with E-state index in [1.165, 1.54) is 13.2 Å². The molecule has 0 aromatic heterocycles. The molecule has 0 fully saturated rings. The van der Waals surface area contributed by atoms with Gasteiger partial charge < -0.3 is 15.2 Å². The van der Waals surface area contributed by atoms with Crippen molar-refractivity contribution < 1.29 is 13.9 Å². The molecule has 0 amide bonds. The average Bonchev–Trinajstić information content (AvgIpc) is 2.26. The minimum absolute atomic E-state index is 0.0673. The van der Waals surface area contributed by atoms with Crippen LogP contribution in [0.25, 0.3) is 0 Å². The summed E-state index contributed by atoms with van der Waals surface area (Å²) >= 11 is 0. The number of benzene rings is 1. The molecular formula is C12H18FNO2. The van der Waals surface area contributed by atoms with E-state index in [0.29, 0.717) is 12.2 Å². The van der Waals surface area contributed by atoms with Crippen LogP contribution in [0.2, 0.25) is 0 Å². The van der Waals surface area contributed by atoms with Gasteiger partial charge in [0.15, 0.2) is 11.6 Å². The van der Waals surface area contributed by atoms with Gasteiger partial charge in [0.25, 0.3) is 0 Å². The zero-order valence-electron chi connectivity index (χ0n) is 9.92. The van der Waals surface area contributed by atoms with Gasteiger partial charge in [0.2, 0.25) is 0 Å². The maximum absolute atomic E-state index is 13.5. The Hall–Kier alpha value is -1.29. The lowest BCUT2D eigenvalue weighted by atomic mass is 10.0. The van der Waals surface area contributed by atoms with Crippen molar-refractivity contribution in [1.29, 1.82) is 0 Å². The first-order chi connectivity index (χ1) is 7.60. The number of hydrogen-bond acceptors (Lipinski definition) is 3. The third-order valence-electron chi connectivity index (χ3n) is 2.44. The Bertz CT molecular complexity index is 353. The van der Waals surface area contributed by atoms with Crippen LogP contribution in [0.3, 0.4) is 0 Å². The van der Waals surface area contributed by atoms with Gasteiger partial charge in [0, 0.05) is 11.6 Å². The Morgan fingerprint density at radius 1 is 1.31 bits per heavy atom. The fraction of sp³-hybridized carbons (Fsp3) is 0.500. The van der Waals surface area contributed by atoms with E-state index in [1.54, 1.807) is 13.2 Å². The van der Waals surface area contributed by atoms with Gasteiger partial charge >= 0.3 is 0 Å². The highest BCUT2D eigenvalue weighted by molar-refractivity contribution is 5.45. The summed E-state index contributed by atoms with van der Waals surface area (Å²) in [7, 11) is 3.01. The zero-order chi connectivity index (χ0) is 12.1. The number of nitrogens with two attached hydrogens (primary N) is 1. The van der Waals surface area contributed by atoms with Crippen molar-refractivity contribution in [2.24, 2.45) is 5.73 Å². The van der Waals surface area contributed by atoms with Gasteiger partial charge in [-0.25, -0.2) is 4.39 Å². The molecule has 0 unspecified atom stereocenters. The topological polar surface area (TPSA) is 44.5 Å². The molecular weight excluding hydrogens is 209 g/mol. The highest BCUT2D eigenvalue weighted by atomic mass is 19.1. The zero-order valence-corrected chi connectivity index (χ0v) is 9.92. The van der Waals surface area contributed by atoms with Gasteiger partial charge in [-0.3, -0.25) is 0 Å². The third kappa shape index (κ3) is 2.85. The van der Waals surface area contributed by atoms with E-state index in [9.17, 15) is 4.39 Å². The molecule has 1 atom stereocenters. The molecule has 0 saturated heterocycles. The summed E-state index contributed by atoms with van der Waals surface area (Å²) in [6.45, 7) is 1.91. The molecule has 0 bridgehead atoms. The van der Waals surface area contributed by atoms with Crippen LogP contribution in [0.5, 0.6) is 11.5 Å². The molecule has 16 heavy (non-hydrogen) atoms. The maximum Gasteiger partial charge on any atom is 0.165 e. The van der Waals surface area contributed by atoms with E-state index >= 15 is 0 Å². The standard InChI is InChI=1S/C12H18FNO2/c1-8(14)4-5-9-11(15-2)7-6-10(13)12(9)16-3/h6-8H,4-5,14H2,1-3H3/t8-/m1/s1. The molecule has 3 nitrogen and oxygen atoms in total. The summed E-state index contributed by atoms with van der Waals surface area (Å²) < 4.78 is 23.7. The van der Waals surface area contributed by atoms with E-state index < -0.39 is 0 Å². The molecule has 4 heteroatoms. The Kier molecular flexibility index (Phi) is 4.55. The number of methoxy groups -OCH3 is 2. The van der Waals surface area contributed by atoms with Gasteiger partial charge in [-0.1, -0.05) is 0 Å². The Balaban J connectivity index is 3.04. The van der Waals surface area contributed by atoms with Gasteiger partial charge in [0.1, 0.15) is 5.75 Å². The van der Waals surface area contributed by atoms with Crippen molar-refractivity contribution in [3.8, 4) is 11.5 Å². The predicted octanol–water partition coefficient (Wildman–Crippen LogP) is 2.12. The van der Waals surface area contributed by atoms with Crippen molar-refractivity contribution in [2.45, 2.75) is 25.8 Å². The summed E-state index contributed by atoms with van der Waals surface area (Å²) in [6.07, 6.45) is 1.40.